The second kappa shape index (κ2) is 4.81. The number of hydrogen-bond donors (Lipinski definition) is 0. The van der Waals surface area contributed by atoms with Crippen LogP contribution in [0.1, 0.15) is 12.0 Å². The van der Waals surface area contributed by atoms with E-state index in [1.165, 1.54) is 11.6 Å². The van der Waals surface area contributed by atoms with Crippen molar-refractivity contribution in [2.24, 2.45) is 0 Å². The summed E-state index contributed by atoms with van der Waals surface area (Å²) in [4.78, 5) is 0. The summed E-state index contributed by atoms with van der Waals surface area (Å²) in [5.41, 5.74) is 2.15. The zero-order valence-electron chi connectivity index (χ0n) is 8.59. The fraction of sp³-hybridized carbons (Fsp3) is 0.250. The summed E-state index contributed by atoms with van der Waals surface area (Å²) in [6, 6.07) is 4.92. The molecule has 0 unspecified atom stereocenters. The first-order valence-corrected chi connectivity index (χ1v) is 4.76. The van der Waals surface area contributed by atoms with Crippen LogP contribution in [-0.4, -0.2) is 4.57 Å². The van der Waals surface area contributed by atoms with Crippen LogP contribution in [0, 0.1) is 19.7 Å². The quantitative estimate of drug-likeness (QED) is 0.719. The molecule has 2 rings (SSSR count). The van der Waals surface area contributed by atoms with Gasteiger partial charge in [0.15, 0.2) is 0 Å². The van der Waals surface area contributed by atoms with Gasteiger partial charge in [0.2, 0.25) is 0 Å². The van der Waals surface area contributed by atoms with Crippen molar-refractivity contribution in [3.8, 4) is 0 Å². The van der Waals surface area contributed by atoms with Crippen LogP contribution < -0.4 is 0 Å². The molecule has 1 nitrogen and oxygen atoms in total. The molecule has 0 saturated carbocycles. The maximum absolute atomic E-state index is 13.0. The van der Waals surface area contributed by atoms with Gasteiger partial charge in [-0.2, -0.15) is 6.42 Å². The molecule has 1 aromatic carbocycles. The van der Waals surface area contributed by atoms with Gasteiger partial charge in [0.25, 0.3) is 0 Å². The number of fused-ring (bicyclic) bond motifs is 1. The van der Waals surface area contributed by atoms with Gasteiger partial charge in [0.05, 0.1) is 5.52 Å². The Morgan fingerprint density at radius 2 is 2.13 bits per heavy atom. The molecule has 0 aliphatic carbocycles. The fourth-order valence-corrected chi connectivity index (χ4v) is 1.80. The topological polar surface area (TPSA) is 4.93 Å². The van der Waals surface area contributed by atoms with Gasteiger partial charge in [0, 0.05) is 28.4 Å². The Balaban J connectivity index is 0.00000112. The molecule has 0 amide bonds. The number of nitrogens with zero attached hydrogens (tertiary/aromatic N) is 1. The van der Waals surface area contributed by atoms with E-state index >= 15 is 0 Å². The Hall–Kier alpha value is -0.804. The minimum Gasteiger partial charge on any atom is -0.350 e. The molecule has 0 aliphatic rings. The van der Waals surface area contributed by atoms with Crippen LogP contribution >= 0.6 is 0 Å². The molecule has 0 bridgehead atoms. The van der Waals surface area contributed by atoms with E-state index in [1.54, 1.807) is 6.07 Å². The maximum atomic E-state index is 13.0. The summed E-state index contributed by atoms with van der Waals surface area (Å²) in [5.74, 6) is -0.180. The van der Waals surface area contributed by atoms with E-state index in [1.807, 2.05) is 13.0 Å². The number of benzene rings is 1. The van der Waals surface area contributed by atoms with Gasteiger partial charge in [0.1, 0.15) is 5.82 Å². The van der Waals surface area contributed by atoms with Gasteiger partial charge >= 0.3 is 0 Å². The van der Waals surface area contributed by atoms with E-state index in [0.29, 0.717) is 0 Å². The van der Waals surface area contributed by atoms with Crippen molar-refractivity contribution in [2.75, 3.05) is 0 Å². The third-order valence-electron chi connectivity index (χ3n) is 2.44. The molecule has 83 valence electrons. The predicted molar refractivity (Wildman–Crippen MR) is 56.6 cm³/mol. The average Bonchev–Trinajstić information content (AvgIpc) is 2.44. The van der Waals surface area contributed by atoms with Gasteiger partial charge in [-0.15, -0.1) is 0 Å². The van der Waals surface area contributed by atoms with E-state index in [4.69, 9.17) is 0 Å². The molecule has 1 aromatic heterocycles. The van der Waals surface area contributed by atoms with Crippen LogP contribution in [0.2, 0.25) is 0 Å². The van der Waals surface area contributed by atoms with Crippen molar-refractivity contribution >= 4 is 10.9 Å². The minimum absolute atomic E-state index is 0. The van der Waals surface area contributed by atoms with E-state index in [-0.39, 0.29) is 22.6 Å². The second-order valence-corrected chi connectivity index (χ2v) is 3.52. The van der Waals surface area contributed by atoms with Crippen LogP contribution in [0.5, 0.6) is 0 Å². The first-order chi connectivity index (χ1) is 6.72. The van der Waals surface area contributed by atoms with Crippen LogP contribution in [0.25, 0.3) is 10.9 Å². The van der Waals surface area contributed by atoms with E-state index < -0.39 is 0 Å². The second-order valence-electron chi connectivity index (χ2n) is 3.52. The molecule has 0 N–H and O–H groups in total. The van der Waals surface area contributed by atoms with E-state index in [2.05, 4.69) is 17.7 Å². The van der Waals surface area contributed by atoms with Crippen LogP contribution in [-0.2, 0) is 23.3 Å². The molecular weight excluding hydrogens is 236 g/mol. The number of aromatic nitrogens is 1. The average molecular weight is 249 g/mol. The summed E-state index contributed by atoms with van der Waals surface area (Å²) in [7, 11) is 0. The van der Waals surface area contributed by atoms with Gasteiger partial charge in [-0.25, -0.2) is 4.39 Å². The SMILES string of the molecule is [CH2-]CCn1cc(C)c2ccc(F)cc21.[Co]. The number of aryl methyl sites for hydroxylation is 2. The van der Waals surface area contributed by atoms with Crippen molar-refractivity contribution in [2.45, 2.75) is 19.9 Å². The Morgan fingerprint density at radius 3 is 2.80 bits per heavy atom. The molecule has 3 heteroatoms. The molecule has 0 fully saturated rings. The van der Waals surface area contributed by atoms with Crippen molar-refractivity contribution < 1.29 is 21.2 Å². The van der Waals surface area contributed by atoms with Crippen LogP contribution in [0.3, 0.4) is 0 Å². The molecule has 0 saturated heterocycles. The Labute approximate surface area is 99.5 Å². The van der Waals surface area contributed by atoms with Crippen molar-refractivity contribution in [1.29, 1.82) is 0 Å². The van der Waals surface area contributed by atoms with Gasteiger partial charge in [-0.3, -0.25) is 0 Å². The summed E-state index contributed by atoms with van der Waals surface area (Å²) in [5, 5.41) is 1.12. The first kappa shape index (κ1) is 12.3. The molecule has 1 heterocycles. The zero-order valence-corrected chi connectivity index (χ0v) is 9.63. The third kappa shape index (κ3) is 2.24. The number of hydrogen-bond acceptors (Lipinski definition) is 0. The van der Waals surface area contributed by atoms with Crippen LogP contribution in [0.15, 0.2) is 24.4 Å². The largest absolute Gasteiger partial charge is 0.350 e. The summed E-state index contributed by atoms with van der Waals surface area (Å²) in [6.45, 7) is 6.69. The normalized spacial score (nSPS) is 10.3. The molecular formula is C12H13CoFN-. The maximum Gasteiger partial charge on any atom is 0.125 e. The van der Waals surface area contributed by atoms with E-state index in [0.717, 1.165) is 23.9 Å². The molecule has 15 heavy (non-hydrogen) atoms. The third-order valence-corrected chi connectivity index (χ3v) is 2.44. The standard InChI is InChI=1S/C12H13FN.Co/c1-3-6-14-8-9(2)11-5-4-10(13)7-12(11)14;/h4-5,7-8H,1,3,6H2,2H3;/q-1;. The Morgan fingerprint density at radius 1 is 1.40 bits per heavy atom. The van der Waals surface area contributed by atoms with Crippen molar-refractivity contribution in [3.63, 3.8) is 0 Å². The Bertz CT molecular complexity index is 462. The summed E-state index contributed by atoms with van der Waals surface area (Å²) >= 11 is 0. The van der Waals surface area contributed by atoms with Gasteiger partial charge in [-0.05, 0) is 37.2 Å². The fourth-order valence-electron chi connectivity index (χ4n) is 1.80. The molecule has 1 radical (unpaired) electrons. The first-order valence-electron chi connectivity index (χ1n) is 4.76. The molecule has 0 atom stereocenters. The predicted octanol–water partition coefficient (Wildman–Crippen LogP) is 3.31. The molecule has 0 spiro atoms. The number of halogens is 1. The summed E-state index contributed by atoms with van der Waals surface area (Å²) < 4.78 is 15.1. The minimum atomic E-state index is -0.180. The monoisotopic (exact) mass is 249 g/mol. The summed E-state index contributed by atoms with van der Waals surface area (Å²) in [6.07, 6.45) is 2.87. The van der Waals surface area contributed by atoms with Crippen molar-refractivity contribution in [1.82, 2.24) is 4.57 Å². The van der Waals surface area contributed by atoms with Crippen molar-refractivity contribution in [3.05, 3.63) is 42.7 Å². The van der Waals surface area contributed by atoms with Crippen LogP contribution in [0.4, 0.5) is 4.39 Å². The smallest absolute Gasteiger partial charge is 0.125 e. The molecule has 0 aliphatic heterocycles. The zero-order chi connectivity index (χ0) is 10.1. The molecule has 2 aromatic rings. The number of rotatable bonds is 2. The van der Waals surface area contributed by atoms with E-state index in [9.17, 15) is 4.39 Å². The van der Waals surface area contributed by atoms with Gasteiger partial charge < -0.3 is 11.5 Å². The van der Waals surface area contributed by atoms with Gasteiger partial charge in [-0.1, -0.05) is 0 Å². The Kier molecular flexibility index (Phi) is 3.94.